The molecule has 0 saturated heterocycles. The summed E-state index contributed by atoms with van der Waals surface area (Å²) in [6.45, 7) is 0.547. The summed E-state index contributed by atoms with van der Waals surface area (Å²) in [5.41, 5.74) is 3.22. The number of esters is 1. The molecule has 0 atom stereocenters. The molecule has 0 aliphatic heterocycles. The van der Waals surface area contributed by atoms with Crippen LogP contribution in [0, 0.1) is 0 Å². The Hall–Kier alpha value is -3.08. The quantitative estimate of drug-likeness (QED) is 0.676. The summed E-state index contributed by atoms with van der Waals surface area (Å²) >= 11 is 0. The normalized spacial score (nSPS) is 10.4. The number of methoxy groups -OCH3 is 2. The number of aromatic nitrogens is 2. The minimum Gasteiger partial charge on any atom is -0.497 e. The highest BCUT2D eigenvalue weighted by Gasteiger charge is 2.16. The van der Waals surface area contributed by atoms with Crippen LogP contribution in [0.3, 0.4) is 0 Å². The zero-order chi connectivity index (χ0) is 16.9. The molecular weight excluding hydrogens is 304 g/mol. The molecule has 1 aromatic heterocycles. The van der Waals surface area contributed by atoms with Crippen LogP contribution in [0.15, 0.2) is 60.7 Å². The van der Waals surface area contributed by atoms with Crippen LogP contribution in [0.5, 0.6) is 5.75 Å². The summed E-state index contributed by atoms with van der Waals surface area (Å²) < 4.78 is 11.8. The van der Waals surface area contributed by atoms with Crippen LogP contribution in [0.25, 0.3) is 11.3 Å². The van der Waals surface area contributed by atoms with Crippen molar-refractivity contribution in [1.82, 2.24) is 9.78 Å². The molecule has 2 aromatic carbocycles. The lowest BCUT2D eigenvalue weighted by Crippen LogP contribution is -2.07. The fraction of sp³-hybridized carbons (Fsp3) is 0.158. The predicted octanol–water partition coefficient (Wildman–Crippen LogP) is 3.39. The van der Waals surface area contributed by atoms with E-state index in [2.05, 4.69) is 5.10 Å². The van der Waals surface area contributed by atoms with Crippen molar-refractivity contribution in [2.75, 3.05) is 14.2 Å². The lowest BCUT2D eigenvalue weighted by atomic mass is 10.1. The Balaban J connectivity index is 1.98. The van der Waals surface area contributed by atoms with Gasteiger partial charge < -0.3 is 9.47 Å². The number of carbonyl (C=O) groups excluding carboxylic acids is 1. The maximum atomic E-state index is 11.8. The van der Waals surface area contributed by atoms with Crippen molar-refractivity contribution in [3.8, 4) is 17.0 Å². The van der Waals surface area contributed by atoms with Crippen LogP contribution in [-0.4, -0.2) is 30.0 Å². The maximum absolute atomic E-state index is 11.8. The van der Waals surface area contributed by atoms with Gasteiger partial charge in [0.25, 0.3) is 0 Å². The zero-order valence-electron chi connectivity index (χ0n) is 13.6. The van der Waals surface area contributed by atoms with Crippen molar-refractivity contribution in [2.45, 2.75) is 6.54 Å². The standard InChI is InChI=1S/C19H18N2O3/c1-23-16-10-8-14(9-11-16)13-21-18(15-6-4-3-5-7-15)12-17(20-21)19(22)24-2/h3-12H,13H2,1-2H3. The Labute approximate surface area is 140 Å². The van der Waals surface area contributed by atoms with Gasteiger partial charge in [-0.25, -0.2) is 4.79 Å². The van der Waals surface area contributed by atoms with Gasteiger partial charge >= 0.3 is 5.97 Å². The SMILES string of the molecule is COC(=O)c1cc(-c2ccccc2)n(Cc2ccc(OC)cc2)n1. The average Bonchev–Trinajstić information content (AvgIpc) is 3.06. The molecule has 0 aliphatic carbocycles. The molecule has 122 valence electrons. The number of rotatable bonds is 5. The first-order valence-corrected chi connectivity index (χ1v) is 7.56. The Kier molecular flexibility index (Phi) is 4.61. The van der Waals surface area contributed by atoms with Gasteiger partial charge in [0.05, 0.1) is 26.5 Å². The first kappa shape index (κ1) is 15.8. The van der Waals surface area contributed by atoms with E-state index in [0.29, 0.717) is 12.2 Å². The molecule has 0 bridgehead atoms. The van der Waals surface area contributed by atoms with E-state index in [-0.39, 0.29) is 0 Å². The lowest BCUT2D eigenvalue weighted by Gasteiger charge is -2.08. The van der Waals surface area contributed by atoms with E-state index in [1.54, 1.807) is 13.2 Å². The van der Waals surface area contributed by atoms with Crippen molar-refractivity contribution in [3.05, 3.63) is 71.9 Å². The van der Waals surface area contributed by atoms with Crippen molar-refractivity contribution < 1.29 is 14.3 Å². The minimum atomic E-state index is -0.444. The highest BCUT2D eigenvalue weighted by atomic mass is 16.5. The van der Waals surface area contributed by atoms with E-state index in [4.69, 9.17) is 9.47 Å². The van der Waals surface area contributed by atoms with Crippen LogP contribution < -0.4 is 4.74 Å². The molecule has 3 aromatic rings. The molecular formula is C19H18N2O3. The van der Waals surface area contributed by atoms with E-state index in [9.17, 15) is 4.79 Å². The monoisotopic (exact) mass is 322 g/mol. The summed E-state index contributed by atoms with van der Waals surface area (Å²) in [5.74, 6) is 0.360. The fourth-order valence-electron chi connectivity index (χ4n) is 2.49. The second-order valence-electron chi connectivity index (χ2n) is 5.28. The molecule has 5 heteroatoms. The summed E-state index contributed by atoms with van der Waals surface area (Å²) in [6.07, 6.45) is 0. The number of ether oxygens (including phenoxy) is 2. The van der Waals surface area contributed by atoms with Crippen LogP contribution in [0.1, 0.15) is 16.1 Å². The highest BCUT2D eigenvalue weighted by Crippen LogP contribution is 2.22. The third-order valence-corrected chi connectivity index (χ3v) is 3.74. The van der Waals surface area contributed by atoms with Gasteiger partial charge in [-0.1, -0.05) is 42.5 Å². The van der Waals surface area contributed by atoms with Crippen molar-refractivity contribution >= 4 is 5.97 Å². The Morgan fingerprint density at radius 3 is 2.38 bits per heavy atom. The molecule has 0 fully saturated rings. The summed E-state index contributed by atoms with van der Waals surface area (Å²) in [5, 5.41) is 4.41. The largest absolute Gasteiger partial charge is 0.497 e. The van der Waals surface area contributed by atoms with Gasteiger partial charge in [0, 0.05) is 0 Å². The molecule has 0 N–H and O–H groups in total. The Morgan fingerprint density at radius 2 is 1.75 bits per heavy atom. The molecule has 3 rings (SSSR count). The van der Waals surface area contributed by atoms with Gasteiger partial charge in [0.1, 0.15) is 5.75 Å². The fourth-order valence-corrected chi connectivity index (χ4v) is 2.49. The minimum absolute atomic E-state index is 0.296. The molecule has 5 nitrogen and oxygen atoms in total. The number of hydrogen-bond donors (Lipinski definition) is 0. The summed E-state index contributed by atoms with van der Waals surface area (Å²) in [6, 6.07) is 19.4. The average molecular weight is 322 g/mol. The van der Waals surface area contributed by atoms with Gasteiger partial charge in [-0.05, 0) is 29.3 Å². The molecule has 0 saturated carbocycles. The molecule has 24 heavy (non-hydrogen) atoms. The first-order valence-electron chi connectivity index (χ1n) is 7.56. The van der Waals surface area contributed by atoms with Crippen LogP contribution in [0.2, 0.25) is 0 Å². The third-order valence-electron chi connectivity index (χ3n) is 3.74. The van der Waals surface area contributed by atoms with E-state index in [0.717, 1.165) is 22.6 Å². The van der Waals surface area contributed by atoms with Crippen molar-refractivity contribution in [3.63, 3.8) is 0 Å². The van der Waals surface area contributed by atoms with E-state index < -0.39 is 5.97 Å². The number of benzene rings is 2. The second kappa shape index (κ2) is 7.00. The highest BCUT2D eigenvalue weighted by molar-refractivity contribution is 5.88. The van der Waals surface area contributed by atoms with Crippen LogP contribution in [-0.2, 0) is 11.3 Å². The van der Waals surface area contributed by atoms with E-state index in [1.165, 1.54) is 7.11 Å². The molecule has 0 unspecified atom stereocenters. The Bertz CT molecular complexity index is 824. The van der Waals surface area contributed by atoms with Gasteiger partial charge in [0.15, 0.2) is 5.69 Å². The number of hydrogen-bond acceptors (Lipinski definition) is 4. The van der Waals surface area contributed by atoms with Gasteiger partial charge in [-0.3, -0.25) is 4.68 Å². The zero-order valence-corrected chi connectivity index (χ0v) is 13.6. The van der Waals surface area contributed by atoms with Crippen LogP contribution >= 0.6 is 0 Å². The van der Waals surface area contributed by atoms with E-state index in [1.807, 2.05) is 59.3 Å². The maximum Gasteiger partial charge on any atom is 0.358 e. The van der Waals surface area contributed by atoms with Crippen molar-refractivity contribution in [1.29, 1.82) is 0 Å². The number of carbonyl (C=O) groups is 1. The predicted molar refractivity (Wildman–Crippen MR) is 91.1 cm³/mol. The topological polar surface area (TPSA) is 53.4 Å². The molecule has 0 amide bonds. The number of nitrogens with zero attached hydrogens (tertiary/aromatic N) is 2. The lowest BCUT2D eigenvalue weighted by molar-refractivity contribution is 0.0593. The Morgan fingerprint density at radius 1 is 1.04 bits per heavy atom. The summed E-state index contributed by atoms with van der Waals surface area (Å²) in [4.78, 5) is 11.8. The smallest absolute Gasteiger partial charge is 0.358 e. The molecule has 1 heterocycles. The summed E-state index contributed by atoms with van der Waals surface area (Å²) in [7, 11) is 2.99. The second-order valence-corrected chi connectivity index (χ2v) is 5.28. The molecule has 0 aliphatic rings. The first-order chi connectivity index (χ1) is 11.7. The van der Waals surface area contributed by atoms with Gasteiger partial charge in [-0.2, -0.15) is 5.10 Å². The van der Waals surface area contributed by atoms with Gasteiger partial charge in [0.2, 0.25) is 0 Å². The van der Waals surface area contributed by atoms with Gasteiger partial charge in [-0.15, -0.1) is 0 Å². The van der Waals surface area contributed by atoms with Crippen molar-refractivity contribution in [2.24, 2.45) is 0 Å². The van der Waals surface area contributed by atoms with E-state index >= 15 is 0 Å². The molecule has 0 spiro atoms. The third kappa shape index (κ3) is 3.30. The van der Waals surface area contributed by atoms with Crippen LogP contribution in [0.4, 0.5) is 0 Å². The molecule has 0 radical (unpaired) electrons.